The third-order valence-corrected chi connectivity index (χ3v) is 10.1. The summed E-state index contributed by atoms with van der Waals surface area (Å²) in [7, 11) is 3.99. The zero-order chi connectivity index (χ0) is 35.0. The van der Waals surface area contributed by atoms with Crippen molar-refractivity contribution in [1.29, 1.82) is 0 Å². The number of ether oxygens (including phenoxy) is 2. The van der Waals surface area contributed by atoms with E-state index in [-0.39, 0.29) is 42.1 Å². The molecule has 0 unspecified atom stereocenters. The number of piperazine rings is 1. The van der Waals surface area contributed by atoms with Crippen LogP contribution in [-0.4, -0.2) is 115 Å². The number of piperidine rings is 1. The van der Waals surface area contributed by atoms with Crippen molar-refractivity contribution >= 4 is 29.7 Å². The summed E-state index contributed by atoms with van der Waals surface area (Å²) in [5.74, 6) is -1.09. The molecule has 3 aliphatic rings. The minimum atomic E-state index is -0.883. The topological polar surface area (TPSA) is 103 Å². The Morgan fingerprint density at radius 3 is 2.38 bits per heavy atom. The van der Waals surface area contributed by atoms with Crippen LogP contribution < -0.4 is 4.90 Å². The SMILES string of the molecule is CCC(=O)N1CCC(N(C)c2cc(F)cc(/C=C(\C)[C@H]3OC(=O)C[C@H](O)CC[C@H](C)[C@@H](OC(=O)N4CCN(C)CC4)/C=C\[C@@H]3C)c2)CC1. The minimum Gasteiger partial charge on any atom is -0.457 e. The van der Waals surface area contributed by atoms with Gasteiger partial charge in [-0.2, -0.15) is 0 Å². The van der Waals surface area contributed by atoms with Crippen LogP contribution in [0.3, 0.4) is 0 Å². The molecule has 0 bridgehead atoms. The van der Waals surface area contributed by atoms with Gasteiger partial charge in [-0.3, -0.25) is 9.59 Å². The summed E-state index contributed by atoms with van der Waals surface area (Å²) in [6.45, 7) is 11.8. The van der Waals surface area contributed by atoms with E-state index in [0.29, 0.717) is 51.0 Å². The van der Waals surface area contributed by atoms with Crippen molar-refractivity contribution in [3.05, 3.63) is 47.3 Å². The Morgan fingerprint density at radius 1 is 1.02 bits per heavy atom. The van der Waals surface area contributed by atoms with Crippen molar-refractivity contribution in [2.45, 2.75) is 90.6 Å². The van der Waals surface area contributed by atoms with Crippen LogP contribution in [0, 0.1) is 17.7 Å². The lowest BCUT2D eigenvalue weighted by Crippen LogP contribution is -2.48. The highest BCUT2D eigenvalue weighted by Crippen LogP contribution is 2.29. The molecule has 266 valence electrons. The van der Waals surface area contributed by atoms with Gasteiger partial charge in [0.25, 0.3) is 0 Å². The van der Waals surface area contributed by atoms with Gasteiger partial charge < -0.3 is 34.2 Å². The molecule has 3 aliphatic heterocycles. The van der Waals surface area contributed by atoms with Crippen LogP contribution >= 0.6 is 0 Å². The number of hydrogen-bond acceptors (Lipinski definition) is 8. The molecule has 2 fully saturated rings. The van der Waals surface area contributed by atoms with E-state index in [2.05, 4.69) is 9.80 Å². The van der Waals surface area contributed by atoms with Gasteiger partial charge in [-0.1, -0.05) is 32.9 Å². The average molecular weight is 671 g/mol. The fraction of sp³-hybridized carbons (Fsp3) is 0.649. The minimum absolute atomic E-state index is 0.0767. The molecule has 0 aliphatic carbocycles. The Bertz CT molecular complexity index is 1320. The number of benzene rings is 1. The van der Waals surface area contributed by atoms with E-state index >= 15 is 4.39 Å². The maximum atomic E-state index is 15.0. The molecule has 10 nitrogen and oxygen atoms in total. The number of aliphatic hydroxyl groups excluding tert-OH is 1. The molecular formula is C37H55FN4O6. The molecule has 2 amide bonds. The standard InChI is InChI=1S/C37H55FN4O6/c1-7-34(44)41-14-12-30(13-15-41)40(6)31-22-28(21-29(38)23-31)20-27(4)36-26(3)9-11-33(25(2)8-10-32(43)24-35(45)48-36)47-37(46)42-18-16-39(5)17-19-42/h9,11,20-23,25-26,30,32-33,36,43H,7-8,10,12-19,24H2,1-6H3/b11-9-,27-20+/t25-,26-,32+,33-,36-/m0/s1. The highest BCUT2D eigenvalue weighted by molar-refractivity contribution is 5.76. The summed E-state index contributed by atoms with van der Waals surface area (Å²) in [6.07, 6.45) is 6.11. The van der Waals surface area contributed by atoms with Gasteiger partial charge in [0, 0.05) is 70.4 Å². The van der Waals surface area contributed by atoms with E-state index in [1.807, 2.05) is 71.0 Å². The van der Waals surface area contributed by atoms with Crippen molar-refractivity contribution in [2.75, 3.05) is 58.3 Å². The smallest absolute Gasteiger partial charge is 0.410 e. The first-order valence-corrected chi connectivity index (χ1v) is 17.5. The number of likely N-dealkylation sites (N-methyl/N-ethyl adjacent to an activating group) is 1. The predicted molar refractivity (Wildman–Crippen MR) is 185 cm³/mol. The summed E-state index contributed by atoms with van der Waals surface area (Å²) in [6, 6.07) is 5.08. The highest BCUT2D eigenvalue weighted by Gasteiger charge is 2.30. The number of amides is 2. The number of hydrogen-bond donors (Lipinski definition) is 1. The molecule has 2 saturated heterocycles. The van der Waals surface area contributed by atoms with Crippen molar-refractivity contribution in [2.24, 2.45) is 11.8 Å². The number of halogens is 1. The normalized spacial score (nSPS) is 27.8. The molecule has 3 heterocycles. The molecular weight excluding hydrogens is 615 g/mol. The molecule has 1 aromatic rings. The van der Waals surface area contributed by atoms with Crippen molar-refractivity contribution in [1.82, 2.24) is 14.7 Å². The molecule has 4 rings (SSSR count). The van der Waals surface area contributed by atoms with Crippen LogP contribution in [0.15, 0.2) is 35.9 Å². The van der Waals surface area contributed by atoms with Gasteiger partial charge in [-0.25, -0.2) is 9.18 Å². The van der Waals surface area contributed by atoms with Gasteiger partial charge in [0.1, 0.15) is 18.0 Å². The maximum Gasteiger partial charge on any atom is 0.410 e. The number of aliphatic hydroxyl groups is 1. The van der Waals surface area contributed by atoms with Gasteiger partial charge in [0.2, 0.25) is 5.91 Å². The Morgan fingerprint density at radius 2 is 1.71 bits per heavy atom. The maximum absolute atomic E-state index is 15.0. The number of nitrogens with zero attached hydrogens (tertiary/aromatic N) is 4. The predicted octanol–water partition coefficient (Wildman–Crippen LogP) is 5.10. The Labute approximate surface area is 285 Å². The lowest BCUT2D eigenvalue weighted by molar-refractivity contribution is -0.151. The largest absolute Gasteiger partial charge is 0.457 e. The monoisotopic (exact) mass is 670 g/mol. The molecule has 0 radical (unpaired) electrons. The highest BCUT2D eigenvalue weighted by atomic mass is 19.1. The molecule has 11 heteroatoms. The van der Waals surface area contributed by atoms with Gasteiger partial charge >= 0.3 is 12.1 Å². The third-order valence-electron chi connectivity index (χ3n) is 10.1. The Kier molecular flexibility index (Phi) is 13.5. The number of anilines is 1. The quantitative estimate of drug-likeness (QED) is 0.330. The van der Waals surface area contributed by atoms with Crippen molar-refractivity contribution in [3.63, 3.8) is 0 Å². The summed E-state index contributed by atoms with van der Waals surface area (Å²) in [4.78, 5) is 46.1. The van der Waals surface area contributed by atoms with Crippen LogP contribution in [0.2, 0.25) is 0 Å². The van der Waals surface area contributed by atoms with Gasteiger partial charge in [0.15, 0.2) is 0 Å². The molecule has 0 saturated carbocycles. The van der Waals surface area contributed by atoms with Crippen LogP contribution in [-0.2, 0) is 19.1 Å². The second-order valence-corrected chi connectivity index (χ2v) is 13.9. The first-order valence-electron chi connectivity index (χ1n) is 17.5. The first kappa shape index (κ1) is 37.4. The Hall–Kier alpha value is -3.44. The van der Waals surface area contributed by atoms with Crippen LogP contribution in [0.5, 0.6) is 0 Å². The first-order chi connectivity index (χ1) is 22.8. The van der Waals surface area contributed by atoms with E-state index in [1.54, 1.807) is 4.90 Å². The summed E-state index contributed by atoms with van der Waals surface area (Å²) in [5, 5.41) is 10.7. The Balaban J connectivity index is 1.53. The van der Waals surface area contributed by atoms with Crippen LogP contribution in [0.1, 0.15) is 71.8 Å². The lowest BCUT2D eigenvalue weighted by atomic mass is 9.91. The van der Waals surface area contributed by atoms with E-state index < -0.39 is 24.3 Å². The second-order valence-electron chi connectivity index (χ2n) is 13.9. The van der Waals surface area contributed by atoms with E-state index in [0.717, 1.165) is 37.2 Å². The van der Waals surface area contributed by atoms with Crippen molar-refractivity contribution < 1.29 is 33.4 Å². The van der Waals surface area contributed by atoms with E-state index in [4.69, 9.17) is 9.47 Å². The van der Waals surface area contributed by atoms with Gasteiger partial charge in [-0.05, 0) is 81.0 Å². The molecule has 1 aromatic carbocycles. The molecule has 0 aromatic heterocycles. The van der Waals surface area contributed by atoms with E-state index in [9.17, 15) is 19.5 Å². The van der Waals surface area contributed by atoms with Gasteiger partial charge in [0.05, 0.1) is 12.5 Å². The third kappa shape index (κ3) is 10.3. The zero-order valence-corrected chi connectivity index (χ0v) is 29.6. The number of likely N-dealkylation sites (tertiary alicyclic amines) is 1. The summed E-state index contributed by atoms with van der Waals surface area (Å²) < 4.78 is 27.0. The molecule has 5 atom stereocenters. The molecule has 1 N–H and O–H groups in total. The summed E-state index contributed by atoms with van der Waals surface area (Å²) >= 11 is 0. The number of esters is 1. The van der Waals surface area contributed by atoms with Gasteiger partial charge in [-0.15, -0.1) is 0 Å². The van der Waals surface area contributed by atoms with E-state index in [1.165, 1.54) is 12.1 Å². The van der Waals surface area contributed by atoms with Crippen molar-refractivity contribution in [3.8, 4) is 0 Å². The number of carbonyl (C=O) groups excluding carboxylic acids is 3. The summed E-state index contributed by atoms with van der Waals surface area (Å²) in [5.41, 5.74) is 2.09. The molecule has 0 spiro atoms. The molecule has 48 heavy (non-hydrogen) atoms. The average Bonchev–Trinajstić information content (AvgIpc) is 3.06. The van der Waals surface area contributed by atoms with Crippen LogP contribution in [0.25, 0.3) is 6.08 Å². The zero-order valence-electron chi connectivity index (χ0n) is 29.6. The fourth-order valence-corrected chi connectivity index (χ4v) is 6.79. The fourth-order valence-electron chi connectivity index (χ4n) is 6.79. The second kappa shape index (κ2) is 17.3. The number of carbonyl (C=O) groups is 3. The number of cyclic esters (lactones) is 1. The number of rotatable bonds is 6. The van der Waals surface area contributed by atoms with Crippen LogP contribution in [0.4, 0.5) is 14.9 Å². The lowest BCUT2D eigenvalue weighted by Gasteiger charge is -2.38.